The fraction of sp³-hybridized carbons (Fsp3) is 0. The van der Waals surface area contributed by atoms with Crippen molar-refractivity contribution in [1.82, 2.24) is 14.6 Å². The first-order valence-electron chi connectivity index (χ1n) is 9.60. The zero-order chi connectivity index (χ0) is 22.2. The number of nitro groups is 1. The number of nitrogens with zero attached hydrogens (tertiary/aromatic N) is 4. The molecular weight excluding hydrogens is 410 g/mol. The van der Waals surface area contributed by atoms with Crippen LogP contribution in [0.3, 0.4) is 0 Å². The van der Waals surface area contributed by atoms with Gasteiger partial charge in [-0.3, -0.25) is 14.9 Å². The molecule has 2 heterocycles. The minimum Gasteiger partial charge on any atom is -0.457 e. The summed E-state index contributed by atoms with van der Waals surface area (Å²) in [5, 5.41) is 16.4. The molecule has 9 nitrogen and oxygen atoms in total. The lowest BCUT2D eigenvalue weighted by Crippen LogP contribution is -2.12. The summed E-state index contributed by atoms with van der Waals surface area (Å²) in [4.78, 5) is 27.3. The normalized spacial score (nSPS) is 11.0. The Balaban J connectivity index is 1.63. The smallest absolute Gasteiger partial charge is 0.271 e. The first kappa shape index (κ1) is 19.2. The van der Waals surface area contributed by atoms with Crippen LogP contribution in [0.1, 0.15) is 10.4 Å². The molecule has 0 bridgehead atoms. The van der Waals surface area contributed by atoms with Gasteiger partial charge in [-0.15, -0.1) is 0 Å². The van der Waals surface area contributed by atoms with E-state index in [9.17, 15) is 14.9 Å². The fourth-order valence-electron chi connectivity index (χ4n) is 3.50. The van der Waals surface area contributed by atoms with Crippen molar-refractivity contribution >= 4 is 28.1 Å². The number of nitro benzene ring substituents is 1. The van der Waals surface area contributed by atoms with Crippen molar-refractivity contribution in [2.24, 2.45) is 5.73 Å². The van der Waals surface area contributed by atoms with Gasteiger partial charge in [0, 0.05) is 29.3 Å². The number of carbonyl (C=O) groups is 1. The highest BCUT2D eigenvalue weighted by molar-refractivity contribution is 6.05. The lowest BCUT2D eigenvalue weighted by molar-refractivity contribution is -0.384. The van der Waals surface area contributed by atoms with Gasteiger partial charge in [0.2, 0.25) is 0 Å². The second-order valence-electron chi connectivity index (χ2n) is 7.02. The molecule has 3 aromatic carbocycles. The number of fused-ring (bicyclic) bond motifs is 3. The topological polar surface area (TPSA) is 126 Å². The first-order valence-corrected chi connectivity index (χ1v) is 9.60. The van der Waals surface area contributed by atoms with Crippen LogP contribution < -0.4 is 10.5 Å². The van der Waals surface area contributed by atoms with Crippen molar-refractivity contribution in [2.75, 3.05) is 0 Å². The second kappa shape index (κ2) is 7.47. The summed E-state index contributed by atoms with van der Waals surface area (Å²) in [5.41, 5.74) is 7.32. The number of nitrogens with two attached hydrogens (primary N) is 1. The molecule has 5 rings (SSSR count). The van der Waals surface area contributed by atoms with Gasteiger partial charge >= 0.3 is 0 Å². The predicted octanol–water partition coefficient (Wildman–Crippen LogP) is 4.35. The maximum Gasteiger partial charge on any atom is 0.271 e. The van der Waals surface area contributed by atoms with E-state index in [1.165, 1.54) is 22.8 Å². The van der Waals surface area contributed by atoms with Crippen molar-refractivity contribution in [1.29, 1.82) is 0 Å². The van der Waals surface area contributed by atoms with Crippen molar-refractivity contribution in [2.45, 2.75) is 0 Å². The number of ether oxygens (including phenoxy) is 1. The van der Waals surface area contributed by atoms with Crippen LogP contribution in [0, 0.1) is 10.1 Å². The van der Waals surface area contributed by atoms with Crippen LogP contribution in [0.5, 0.6) is 11.5 Å². The Morgan fingerprint density at radius 2 is 1.72 bits per heavy atom. The van der Waals surface area contributed by atoms with E-state index in [-0.39, 0.29) is 16.9 Å². The summed E-state index contributed by atoms with van der Waals surface area (Å²) in [6.07, 6.45) is 1.53. The molecule has 0 saturated carbocycles. The minimum absolute atomic E-state index is 0.0925. The van der Waals surface area contributed by atoms with Crippen molar-refractivity contribution in [3.8, 4) is 22.8 Å². The Morgan fingerprint density at radius 1 is 1.00 bits per heavy atom. The number of rotatable bonds is 5. The number of benzene rings is 3. The van der Waals surface area contributed by atoms with E-state index >= 15 is 0 Å². The van der Waals surface area contributed by atoms with Gasteiger partial charge in [0.1, 0.15) is 22.8 Å². The maximum atomic E-state index is 12.3. The highest BCUT2D eigenvalue weighted by atomic mass is 16.6. The predicted molar refractivity (Wildman–Crippen MR) is 118 cm³/mol. The number of primary amides is 1. The van der Waals surface area contributed by atoms with Crippen molar-refractivity contribution in [3.05, 3.63) is 94.7 Å². The van der Waals surface area contributed by atoms with Crippen LogP contribution in [0.2, 0.25) is 0 Å². The third-order valence-electron chi connectivity index (χ3n) is 4.99. The molecule has 0 unspecified atom stereocenters. The van der Waals surface area contributed by atoms with Crippen LogP contribution >= 0.6 is 0 Å². The molecule has 2 N–H and O–H groups in total. The third-order valence-corrected chi connectivity index (χ3v) is 4.99. The molecule has 0 fully saturated rings. The van der Waals surface area contributed by atoms with E-state index in [0.29, 0.717) is 33.7 Å². The van der Waals surface area contributed by atoms with Gasteiger partial charge in [-0.1, -0.05) is 18.2 Å². The van der Waals surface area contributed by atoms with Gasteiger partial charge in [-0.2, -0.15) is 5.10 Å². The van der Waals surface area contributed by atoms with Gasteiger partial charge in [0.25, 0.3) is 11.6 Å². The van der Waals surface area contributed by atoms with Gasteiger partial charge in [-0.25, -0.2) is 9.50 Å². The summed E-state index contributed by atoms with van der Waals surface area (Å²) in [6.45, 7) is 0. The summed E-state index contributed by atoms with van der Waals surface area (Å²) in [5.74, 6) is 0.614. The molecule has 0 atom stereocenters. The molecule has 0 radical (unpaired) electrons. The van der Waals surface area contributed by atoms with Gasteiger partial charge in [0.05, 0.1) is 10.4 Å². The standard InChI is InChI=1S/C23H15N5O4/c24-22(29)20-21(14-7-10-18(11-8-14)32-17-4-2-1-3-5-17)26-27-19-12-16(28(30)31)9-6-15(19)13-25-23(20)27/h1-13H,(H2,24,29). The number of para-hydroxylation sites is 1. The van der Waals surface area contributed by atoms with Gasteiger partial charge in [-0.05, 0) is 42.5 Å². The van der Waals surface area contributed by atoms with E-state index in [4.69, 9.17) is 10.5 Å². The molecule has 0 saturated heterocycles. The molecule has 156 valence electrons. The summed E-state index contributed by atoms with van der Waals surface area (Å²) in [7, 11) is 0. The molecule has 2 aromatic heterocycles. The molecule has 5 aromatic rings. The highest BCUT2D eigenvalue weighted by Gasteiger charge is 2.22. The largest absolute Gasteiger partial charge is 0.457 e. The summed E-state index contributed by atoms with van der Waals surface area (Å²) >= 11 is 0. The number of hydrogen-bond acceptors (Lipinski definition) is 6. The number of non-ortho nitro benzene ring substituents is 1. The zero-order valence-corrected chi connectivity index (χ0v) is 16.5. The molecule has 0 aliphatic heterocycles. The SMILES string of the molecule is NC(=O)c1c(-c2ccc(Oc3ccccc3)cc2)nn2c1ncc1ccc([N+](=O)[O-])cc12. The Labute approximate surface area is 180 Å². The molecule has 32 heavy (non-hydrogen) atoms. The molecule has 1 amide bonds. The van der Waals surface area contributed by atoms with Gasteiger partial charge < -0.3 is 10.5 Å². The third kappa shape index (κ3) is 3.27. The molecular formula is C23H15N5O4. The van der Waals surface area contributed by atoms with Crippen LogP contribution in [0.25, 0.3) is 27.8 Å². The molecule has 0 aliphatic rings. The molecule has 9 heteroatoms. The monoisotopic (exact) mass is 425 g/mol. The van der Waals surface area contributed by atoms with Crippen LogP contribution in [-0.2, 0) is 0 Å². The first-order chi connectivity index (χ1) is 15.5. The Hall–Kier alpha value is -4.79. The van der Waals surface area contributed by atoms with E-state index in [1.807, 2.05) is 30.3 Å². The van der Waals surface area contributed by atoms with Crippen LogP contribution in [-0.4, -0.2) is 25.4 Å². The van der Waals surface area contributed by atoms with E-state index in [2.05, 4.69) is 10.1 Å². The molecule has 0 spiro atoms. The minimum atomic E-state index is -0.697. The number of hydrogen-bond donors (Lipinski definition) is 1. The van der Waals surface area contributed by atoms with E-state index < -0.39 is 10.8 Å². The number of carbonyl (C=O) groups excluding carboxylic acids is 1. The van der Waals surface area contributed by atoms with Crippen molar-refractivity contribution < 1.29 is 14.5 Å². The average Bonchev–Trinajstić information content (AvgIpc) is 3.20. The van der Waals surface area contributed by atoms with E-state index in [1.54, 1.807) is 30.3 Å². The zero-order valence-electron chi connectivity index (χ0n) is 16.5. The number of aromatic nitrogens is 3. The Kier molecular flexibility index (Phi) is 4.48. The van der Waals surface area contributed by atoms with Gasteiger partial charge in [0.15, 0.2) is 5.65 Å². The lowest BCUT2D eigenvalue weighted by Gasteiger charge is -2.06. The maximum absolute atomic E-state index is 12.3. The number of amides is 1. The summed E-state index contributed by atoms with van der Waals surface area (Å²) in [6, 6.07) is 20.7. The lowest BCUT2D eigenvalue weighted by atomic mass is 10.1. The van der Waals surface area contributed by atoms with Crippen LogP contribution in [0.4, 0.5) is 5.69 Å². The second-order valence-corrected chi connectivity index (χ2v) is 7.02. The fourth-order valence-corrected chi connectivity index (χ4v) is 3.50. The van der Waals surface area contributed by atoms with E-state index in [0.717, 1.165) is 0 Å². The molecule has 0 aliphatic carbocycles. The Morgan fingerprint density at radius 3 is 2.41 bits per heavy atom. The quantitative estimate of drug-likeness (QED) is 0.330. The highest BCUT2D eigenvalue weighted by Crippen LogP contribution is 2.30. The Bertz CT molecular complexity index is 1490. The average molecular weight is 425 g/mol. The summed E-state index contributed by atoms with van der Waals surface area (Å²) < 4.78 is 7.21. The van der Waals surface area contributed by atoms with Crippen molar-refractivity contribution in [3.63, 3.8) is 0 Å². The van der Waals surface area contributed by atoms with Crippen LogP contribution in [0.15, 0.2) is 79.0 Å².